The van der Waals surface area contributed by atoms with Gasteiger partial charge in [0.05, 0.1) is 7.11 Å². The van der Waals surface area contributed by atoms with Crippen LogP contribution < -0.4 is 15.2 Å². The summed E-state index contributed by atoms with van der Waals surface area (Å²) in [6.45, 7) is 3.76. The van der Waals surface area contributed by atoms with E-state index < -0.39 is 0 Å². The summed E-state index contributed by atoms with van der Waals surface area (Å²) < 4.78 is 11.4. The molecule has 0 bridgehead atoms. The van der Waals surface area contributed by atoms with E-state index in [2.05, 4.69) is 35.2 Å². The van der Waals surface area contributed by atoms with Gasteiger partial charge in [-0.25, -0.2) is 0 Å². The van der Waals surface area contributed by atoms with Crippen LogP contribution in [-0.2, 0) is 6.54 Å². The van der Waals surface area contributed by atoms with Crippen LogP contribution in [0.2, 0.25) is 0 Å². The minimum atomic E-state index is -0.159. The molecule has 3 aromatic rings. The van der Waals surface area contributed by atoms with Crippen molar-refractivity contribution in [2.24, 2.45) is 11.7 Å². The van der Waals surface area contributed by atoms with Crippen LogP contribution in [0.4, 0.5) is 0 Å². The zero-order valence-corrected chi connectivity index (χ0v) is 21.3. The molecule has 4 rings (SSSR count). The summed E-state index contributed by atoms with van der Waals surface area (Å²) in [6.07, 6.45) is 4.45. The van der Waals surface area contributed by atoms with Crippen LogP contribution in [0.15, 0.2) is 78.9 Å². The SMILES string of the molecule is COc1ccc(OC(CCN)c2ccc(C(=O)CCC3CCN(Cc4ccccc4)CC3)cc2)cc1. The first-order valence-electron chi connectivity index (χ1n) is 13.0. The van der Waals surface area contributed by atoms with E-state index in [1.54, 1.807) is 7.11 Å². The van der Waals surface area contributed by atoms with Crippen LogP contribution in [0.3, 0.4) is 0 Å². The number of benzene rings is 3. The van der Waals surface area contributed by atoms with Crippen LogP contribution in [-0.4, -0.2) is 37.4 Å². The number of hydrogen-bond donors (Lipinski definition) is 1. The normalized spacial score (nSPS) is 15.4. The smallest absolute Gasteiger partial charge is 0.162 e. The lowest BCUT2D eigenvalue weighted by Gasteiger charge is -2.32. The Balaban J connectivity index is 1.25. The Morgan fingerprint density at radius 2 is 1.61 bits per heavy atom. The fourth-order valence-electron chi connectivity index (χ4n) is 4.90. The van der Waals surface area contributed by atoms with Gasteiger partial charge in [0.25, 0.3) is 0 Å². The summed E-state index contributed by atoms with van der Waals surface area (Å²) in [7, 11) is 1.64. The third-order valence-electron chi connectivity index (χ3n) is 7.11. The number of carbonyl (C=O) groups excluding carboxylic acids is 1. The number of methoxy groups -OCH3 is 1. The molecule has 1 aliphatic rings. The van der Waals surface area contributed by atoms with Crippen molar-refractivity contribution in [2.75, 3.05) is 26.7 Å². The maximum Gasteiger partial charge on any atom is 0.162 e. The zero-order valence-electron chi connectivity index (χ0n) is 21.3. The molecule has 0 aromatic heterocycles. The standard InChI is InChI=1S/C31H38N2O3/c1-35-28-12-14-29(15-13-28)36-31(17-20-32)27-10-8-26(9-11-27)30(34)16-7-24-18-21-33(22-19-24)23-25-5-3-2-4-6-25/h2-6,8-15,24,31H,7,16-23,32H2,1H3. The van der Waals surface area contributed by atoms with Crippen molar-refractivity contribution >= 4 is 5.78 Å². The molecule has 3 aromatic carbocycles. The Kier molecular flexibility index (Phi) is 9.54. The molecule has 1 heterocycles. The van der Waals surface area contributed by atoms with Crippen molar-refractivity contribution in [2.45, 2.75) is 44.8 Å². The van der Waals surface area contributed by atoms with Crippen LogP contribution in [0, 0.1) is 5.92 Å². The second kappa shape index (κ2) is 13.2. The summed E-state index contributed by atoms with van der Waals surface area (Å²) in [5, 5.41) is 0. The van der Waals surface area contributed by atoms with Gasteiger partial charge in [0.15, 0.2) is 5.78 Å². The van der Waals surface area contributed by atoms with Crippen LogP contribution in [0.1, 0.15) is 59.7 Å². The number of piperidine rings is 1. The van der Waals surface area contributed by atoms with Crippen molar-refractivity contribution in [1.82, 2.24) is 4.90 Å². The predicted octanol–water partition coefficient (Wildman–Crippen LogP) is 6.04. The number of nitrogens with two attached hydrogens (primary N) is 1. The number of nitrogens with zero attached hydrogens (tertiary/aromatic N) is 1. The predicted molar refractivity (Wildman–Crippen MR) is 144 cm³/mol. The monoisotopic (exact) mass is 486 g/mol. The molecular weight excluding hydrogens is 448 g/mol. The third kappa shape index (κ3) is 7.42. The maximum atomic E-state index is 12.9. The van der Waals surface area contributed by atoms with Crippen molar-refractivity contribution in [3.8, 4) is 11.5 Å². The van der Waals surface area contributed by atoms with Gasteiger partial charge < -0.3 is 15.2 Å². The molecule has 0 amide bonds. The number of ketones is 1. The lowest BCUT2D eigenvalue weighted by atomic mass is 9.90. The molecule has 36 heavy (non-hydrogen) atoms. The highest BCUT2D eigenvalue weighted by atomic mass is 16.5. The molecule has 1 unspecified atom stereocenters. The first kappa shape index (κ1) is 25.9. The summed E-state index contributed by atoms with van der Waals surface area (Å²) >= 11 is 0. The summed E-state index contributed by atoms with van der Waals surface area (Å²) in [4.78, 5) is 15.4. The average Bonchev–Trinajstić information content (AvgIpc) is 2.93. The van der Waals surface area contributed by atoms with E-state index in [-0.39, 0.29) is 11.9 Å². The van der Waals surface area contributed by atoms with Gasteiger partial charge in [0.2, 0.25) is 0 Å². The topological polar surface area (TPSA) is 64.8 Å². The molecular formula is C31H38N2O3. The maximum absolute atomic E-state index is 12.9. The zero-order chi connectivity index (χ0) is 25.2. The minimum Gasteiger partial charge on any atom is -0.497 e. The number of carbonyl (C=O) groups is 1. The first-order chi connectivity index (χ1) is 17.6. The molecule has 1 fully saturated rings. The molecule has 1 aliphatic heterocycles. The van der Waals surface area contributed by atoms with Crippen molar-refractivity contribution in [3.05, 3.63) is 95.6 Å². The largest absolute Gasteiger partial charge is 0.497 e. The molecule has 0 radical (unpaired) electrons. The van der Waals surface area contributed by atoms with E-state index in [0.29, 0.717) is 25.3 Å². The van der Waals surface area contributed by atoms with Gasteiger partial charge in [-0.3, -0.25) is 9.69 Å². The highest BCUT2D eigenvalue weighted by Crippen LogP contribution is 2.28. The molecule has 5 heteroatoms. The Morgan fingerprint density at radius 1 is 0.944 bits per heavy atom. The van der Waals surface area contributed by atoms with Gasteiger partial charge in [0.1, 0.15) is 17.6 Å². The van der Waals surface area contributed by atoms with Crippen LogP contribution in [0.25, 0.3) is 0 Å². The van der Waals surface area contributed by atoms with Gasteiger partial charge in [-0.15, -0.1) is 0 Å². The average molecular weight is 487 g/mol. The summed E-state index contributed by atoms with van der Waals surface area (Å²) in [5.74, 6) is 2.41. The van der Waals surface area contributed by atoms with Crippen molar-refractivity contribution < 1.29 is 14.3 Å². The fraction of sp³-hybridized carbons (Fsp3) is 0.387. The Labute approximate surface area is 215 Å². The molecule has 1 saturated heterocycles. The van der Waals surface area contributed by atoms with E-state index in [1.165, 1.54) is 18.4 Å². The minimum absolute atomic E-state index is 0.159. The fourth-order valence-corrected chi connectivity index (χ4v) is 4.90. The molecule has 0 saturated carbocycles. The number of likely N-dealkylation sites (tertiary alicyclic amines) is 1. The molecule has 0 spiro atoms. The van der Waals surface area contributed by atoms with Crippen LogP contribution in [0.5, 0.6) is 11.5 Å². The molecule has 0 aliphatic carbocycles. The van der Waals surface area contributed by atoms with Gasteiger partial charge >= 0.3 is 0 Å². The highest BCUT2D eigenvalue weighted by Gasteiger charge is 2.21. The number of hydrogen-bond acceptors (Lipinski definition) is 5. The molecule has 5 nitrogen and oxygen atoms in total. The van der Waals surface area contributed by atoms with Crippen LogP contribution >= 0.6 is 0 Å². The summed E-state index contributed by atoms with van der Waals surface area (Å²) in [5.41, 5.74) is 9.02. The second-order valence-corrected chi connectivity index (χ2v) is 9.65. The number of rotatable bonds is 12. The van der Waals surface area contributed by atoms with Crippen molar-refractivity contribution in [1.29, 1.82) is 0 Å². The van der Waals surface area contributed by atoms with Gasteiger partial charge in [-0.05, 0) is 80.2 Å². The van der Waals surface area contributed by atoms with E-state index in [1.807, 2.05) is 48.5 Å². The Hall–Kier alpha value is -3.15. The lowest BCUT2D eigenvalue weighted by Crippen LogP contribution is -2.33. The second-order valence-electron chi connectivity index (χ2n) is 9.65. The van der Waals surface area contributed by atoms with Crippen molar-refractivity contribution in [3.63, 3.8) is 0 Å². The Morgan fingerprint density at radius 3 is 2.25 bits per heavy atom. The molecule has 1 atom stereocenters. The number of ether oxygens (including phenoxy) is 2. The lowest BCUT2D eigenvalue weighted by molar-refractivity contribution is 0.0961. The highest BCUT2D eigenvalue weighted by molar-refractivity contribution is 5.96. The summed E-state index contributed by atoms with van der Waals surface area (Å²) in [6, 6.07) is 26.1. The van der Waals surface area contributed by atoms with Gasteiger partial charge in [-0.2, -0.15) is 0 Å². The van der Waals surface area contributed by atoms with Gasteiger partial charge in [-0.1, -0.05) is 54.6 Å². The quantitative estimate of drug-likeness (QED) is 0.316. The van der Waals surface area contributed by atoms with E-state index in [4.69, 9.17) is 15.2 Å². The first-order valence-corrected chi connectivity index (χ1v) is 13.0. The van der Waals surface area contributed by atoms with E-state index in [9.17, 15) is 4.79 Å². The Bertz CT molecular complexity index is 1060. The third-order valence-corrected chi connectivity index (χ3v) is 7.11. The van der Waals surface area contributed by atoms with Gasteiger partial charge in [0, 0.05) is 24.9 Å². The van der Waals surface area contributed by atoms with E-state index >= 15 is 0 Å². The molecule has 190 valence electrons. The number of Topliss-reactive ketones (excluding diaryl/α,β-unsaturated/α-hetero) is 1. The molecule has 2 N–H and O–H groups in total. The van der Waals surface area contributed by atoms with E-state index in [0.717, 1.165) is 48.7 Å².